The molecule has 0 unspecified atom stereocenters. The van der Waals surface area contributed by atoms with Gasteiger partial charge in [0.25, 0.3) is 0 Å². The van der Waals surface area contributed by atoms with E-state index < -0.39 is 11.7 Å². The predicted molar refractivity (Wildman–Crippen MR) is 68.4 cm³/mol. The van der Waals surface area contributed by atoms with Gasteiger partial charge in [0.1, 0.15) is 5.75 Å². The SMILES string of the molecule is CCCn1cc(Oc2cc(N)cc(C(F)(F)F)c2)cn1. The van der Waals surface area contributed by atoms with Crippen LogP contribution in [0.3, 0.4) is 0 Å². The van der Waals surface area contributed by atoms with Gasteiger partial charge in [0.15, 0.2) is 5.75 Å². The largest absolute Gasteiger partial charge is 0.454 e. The van der Waals surface area contributed by atoms with Gasteiger partial charge in [-0.2, -0.15) is 18.3 Å². The zero-order chi connectivity index (χ0) is 14.8. The third-order valence-electron chi connectivity index (χ3n) is 2.55. The van der Waals surface area contributed by atoms with Gasteiger partial charge >= 0.3 is 6.18 Å². The smallest absolute Gasteiger partial charge is 0.416 e. The summed E-state index contributed by atoms with van der Waals surface area (Å²) in [5.74, 6) is 0.408. The number of aromatic nitrogens is 2. The highest BCUT2D eigenvalue weighted by Crippen LogP contribution is 2.34. The van der Waals surface area contributed by atoms with E-state index in [0.717, 1.165) is 18.6 Å². The van der Waals surface area contributed by atoms with Gasteiger partial charge in [-0.05, 0) is 18.6 Å². The maximum atomic E-state index is 12.7. The summed E-state index contributed by atoms with van der Waals surface area (Å²) in [5, 5.41) is 4.03. The van der Waals surface area contributed by atoms with Crippen molar-refractivity contribution in [3.8, 4) is 11.5 Å². The molecule has 2 aromatic rings. The van der Waals surface area contributed by atoms with E-state index in [9.17, 15) is 13.2 Å². The molecule has 0 saturated carbocycles. The zero-order valence-corrected chi connectivity index (χ0v) is 10.8. The van der Waals surface area contributed by atoms with Gasteiger partial charge in [-0.1, -0.05) is 6.92 Å². The Bertz CT molecular complexity index is 593. The Morgan fingerprint density at radius 3 is 2.65 bits per heavy atom. The highest BCUT2D eigenvalue weighted by molar-refractivity contribution is 5.49. The number of anilines is 1. The van der Waals surface area contributed by atoms with E-state index in [4.69, 9.17) is 10.5 Å². The number of benzene rings is 1. The molecule has 1 heterocycles. The molecule has 1 aromatic heterocycles. The fourth-order valence-corrected chi connectivity index (χ4v) is 1.73. The number of nitrogens with zero attached hydrogens (tertiary/aromatic N) is 2. The van der Waals surface area contributed by atoms with Gasteiger partial charge in [-0.25, -0.2) is 0 Å². The van der Waals surface area contributed by atoms with Crippen LogP contribution >= 0.6 is 0 Å². The summed E-state index contributed by atoms with van der Waals surface area (Å²) < 4.78 is 45.0. The Balaban J connectivity index is 2.22. The first-order chi connectivity index (χ1) is 9.38. The summed E-state index contributed by atoms with van der Waals surface area (Å²) in [7, 11) is 0. The first-order valence-electron chi connectivity index (χ1n) is 6.06. The topological polar surface area (TPSA) is 53.1 Å². The fourth-order valence-electron chi connectivity index (χ4n) is 1.73. The molecule has 0 saturated heterocycles. The molecule has 0 aliphatic heterocycles. The number of ether oxygens (including phenoxy) is 1. The van der Waals surface area contributed by atoms with Gasteiger partial charge in [-0.15, -0.1) is 0 Å². The molecule has 0 spiro atoms. The van der Waals surface area contributed by atoms with Gasteiger partial charge in [-0.3, -0.25) is 4.68 Å². The Hall–Kier alpha value is -2.18. The van der Waals surface area contributed by atoms with Crippen molar-refractivity contribution in [3.05, 3.63) is 36.2 Å². The van der Waals surface area contributed by atoms with E-state index in [1.54, 1.807) is 10.9 Å². The maximum absolute atomic E-state index is 12.7. The summed E-state index contributed by atoms with van der Waals surface area (Å²) in [6.07, 6.45) is -0.483. The van der Waals surface area contributed by atoms with E-state index in [1.807, 2.05) is 6.92 Å². The summed E-state index contributed by atoms with van der Waals surface area (Å²) in [4.78, 5) is 0. The van der Waals surface area contributed by atoms with Crippen LogP contribution in [0.25, 0.3) is 0 Å². The summed E-state index contributed by atoms with van der Waals surface area (Å²) in [6, 6.07) is 3.12. The molecule has 20 heavy (non-hydrogen) atoms. The maximum Gasteiger partial charge on any atom is 0.416 e. The normalized spacial score (nSPS) is 11.6. The average Bonchev–Trinajstić information content (AvgIpc) is 2.75. The fraction of sp³-hybridized carbons (Fsp3) is 0.308. The van der Waals surface area contributed by atoms with Crippen molar-refractivity contribution in [2.75, 3.05) is 5.73 Å². The highest BCUT2D eigenvalue weighted by atomic mass is 19.4. The molecule has 2 rings (SSSR count). The van der Waals surface area contributed by atoms with Crippen LogP contribution in [0.1, 0.15) is 18.9 Å². The minimum Gasteiger partial charge on any atom is -0.454 e. The van der Waals surface area contributed by atoms with E-state index in [-0.39, 0.29) is 11.4 Å². The van der Waals surface area contributed by atoms with Gasteiger partial charge in [0.2, 0.25) is 0 Å². The van der Waals surface area contributed by atoms with Crippen LogP contribution in [0.2, 0.25) is 0 Å². The number of nitrogens with two attached hydrogens (primary N) is 1. The monoisotopic (exact) mass is 285 g/mol. The lowest BCUT2D eigenvalue weighted by molar-refractivity contribution is -0.137. The molecular formula is C13H14F3N3O. The van der Waals surface area contributed by atoms with Crippen molar-refractivity contribution in [1.29, 1.82) is 0 Å². The average molecular weight is 285 g/mol. The summed E-state index contributed by atoms with van der Waals surface area (Å²) in [6.45, 7) is 2.71. The Kier molecular flexibility index (Phi) is 3.87. The van der Waals surface area contributed by atoms with E-state index in [2.05, 4.69) is 5.10 Å². The van der Waals surface area contributed by atoms with Crippen LogP contribution in [-0.4, -0.2) is 9.78 Å². The van der Waals surface area contributed by atoms with Gasteiger partial charge < -0.3 is 10.5 Å². The number of rotatable bonds is 4. The molecule has 0 atom stereocenters. The van der Waals surface area contributed by atoms with Gasteiger partial charge in [0, 0.05) is 18.3 Å². The number of aryl methyl sites for hydroxylation is 1. The lowest BCUT2D eigenvalue weighted by Gasteiger charge is -2.10. The Labute approximate surface area is 114 Å². The second-order valence-corrected chi connectivity index (χ2v) is 4.33. The number of hydrogen-bond donors (Lipinski definition) is 1. The molecule has 2 N–H and O–H groups in total. The third kappa shape index (κ3) is 3.43. The van der Waals surface area contributed by atoms with Crippen molar-refractivity contribution >= 4 is 5.69 Å². The number of hydrogen-bond acceptors (Lipinski definition) is 3. The number of halogens is 3. The molecule has 0 radical (unpaired) electrons. The van der Waals surface area contributed by atoms with Crippen molar-refractivity contribution in [1.82, 2.24) is 9.78 Å². The van der Waals surface area contributed by atoms with Crippen LogP contribution in [0.15, 0.2) is 30.6 Å². The van der Waals surface area contributed by atoms with Crippen LogP contribution in [0.5, 0.6) is 11.5 Å². The Morgan fingerprint density at radius 1 is 1.25 bits per heavy atom. The second-order valence-electron chi connectivity index (χ2n) is 4.33. The lowest BCUT2D eigenvalue weighted by atomic mass is 10.2. The molecule has 0 aliphatic rings. The van der Waals surface area contributed by atoms with Crippen LogP contribution in [0, 0.1) is 0 Å². The summed E-state index contributed by atoms with van der Waals surface area (Å²) in [5.41, 5.74) is 4.62. The molecule has 0 amide bonds. The minimum absolute atomic E-state index is 0.00391. The predicted octanol–water partition coefficient (Wildman–Crippen LogP) is 3.69. The molecule has 7 heteroatoms. The first-order valence-corrected chi connectivity index (χ1v) is 6.06. The lowest BCUT2D eigenvalue weighted by Crippen LogP contribution is -2.06. The molecular weight excluding hydrogens is 271 g/mol. The van der Waals surface area contributed by atoms with Crippen LogP contribution < -0.4 is 10.5 Å². The van der Waals surface area contributed by atoms with E-state index in [1.165, 1.54) is 12.3 Å². The number of nitrogen functional groups attached to an aromatic ring is 1. The summed E-state index contributed by atoms with van der Waals surface area (Å²) >= 11 is 0. The standard InChI is InChI=1S/C13H14F3N3O/c1-2-3-19-8-12(7-18-19)20-11-5-9(13(14,15)16)4-10(17)6-11/h4-8H,2-3,17H2,1H3. The Morgan fingerprint density at radius 2 is 2.00 bits per heavy atom. The number of alkyl halides is 3. The molecule has 0 bridgehead atoms. The molecule has 0 fully saturated rings. The van der Waals surface area contributed by atoms with Crippen LogP contribution in [0.4, 0.5) is 18.9 Å². The van der Waals surface area contributed by atoms with E-state index in [0.29, 0.717) is 12.3 Å². The van der Waals surface area contributed by atoms with Crippen LogP contribution in [-0.2, 0) is 12.7 Å². The highest BCUT2D eigenvalue weighted by Gasteiger charge is 2.31. The molecule has 108 valence electrons. The third-order valence-corrected chi connectivity index (χ3v) is 2.55. The van der Waals surface area contributed by atoms with Crippen molar-refractivity contribution < 1.29 is 17.9 Å². The zero-order valence-electron chi connectivity index (χ0n) is 10.8. The van der Waals surface area contributed by atoms with Crippen molar-refractivity contribution in [2.24, 2.45) is 0 Å². The minimum atomic E-state index is -4.46. The van der Waals surface area contributed by atoms with E-state index >= 15 is 0 Å². The molecule has 4 nitrogen and oxygen atoms in total. The molecule has 0 aliphatic carbocycles. The van der Waals surface area contributed by atoms with Gasteiger partial charge in [0.05, 0.1) is 18.0 Å². The van der Waals surface area contributed by atoms with Crippen molar-refractivity contribution in [3.63, 3.8) is 0 Å². The quantitative estimate of drug-likeness (QED) is 0.872. The second kappa shape index (κ2) is 5.44. The van der Waals surface area contributed by atoms with Crippen molar-refractivity contribution in [2.45, 2.75) is 26.1 Å². The first kappa shape index (κ1) is 14.2. The molecule has 1 aromatic carbocycles.